The number of anilines is 1. The van der Waals surface area contributed by atoms with E-state index in [9.17, 15) is 19.3 Å². The van der Waals surface area contributed by atoms with Crippen molar-refractivity contribution in [3.8, 4) is 0 Å². The fourth-order valence-electron chi connectivity index (χ4n) is 2.97. The van der Waals surface area contributed by atoms with Crippen molar-refractivity contribution in [2.45, 2.75) is 26.3 Å². The molecule has 1 aromatic rings. The van der Waals surface area contributed by atoms with Crippen LogP contribution in [-0.2, 0) is 25.5 Å². The zero-order valence-electron chi connectivity index (χ0n) is 13.7. The van der Waals surface area contributed by atoms with Crippen LogP contribution in [-0.4, -0.2) is 41.3 Å². The monoisotopic (exact) mass is 344 g/mol. The van der Waals surface area contributed by atoms with Crippen molar-refractivity contribution < 1.29 is 19.1 Å². The molecule has 0 radical (unpaired) electrons. The van der Waals surface area contributed by atoms with E-state index in [1.807, 2.05) is 6.92 Å². The smallest absolute Gasteiger partial charge is 0.355 e. The van der Waals surface area contributed by atoms with Gasteiger partial charge in [0.15, 0.2) is 11.8 Å². The zero-order valence-corrected chi connectivity index (χ0v) is 13.7. The summed E-state index contributed by atoms with van der Waals surface area (Å²) in [4.78, 5) is 49.4. The summed E-state index contributed by atoms with van der Waals surface area (Å²) in [6.07, 6.45) is 0.815. The number of ether oxygens (including phenoxy) is 1. The van der Waals surface area contributed by atoms with Crippen molar-refractivity contribution >= 4 is 29.2 Å². The molecule has 0 aliphatic carbocycles. The van der Waals surface area contributed by atoms with E-state index in [0.717, 1.165) is 16.9 Å². The van der Waals surface area contributed by atoms with E-state index >= 15 is 0 Å². The van der Waals surface area contributed by atoms with Gasteiger partial charge in [-0.25, -0.2) is 9.69 Å². The van der Waals surface area contributed by atoms with E-state index in [4.69, 9.17) is 4.74 Å². The number of nitroso groups, excluding NO2 is 1. The molecule has 2 aliphatic rings. The number of hydrogen-bond donors (Lipinski definition) is 0. The van der Waals surface area contributed by atoms with Gasteiger partial charge in [-0.05, 0) is 31.0 Å². The molecule has 0 bridgehead atoms. The Bertz CT molecular complexity index is 773. The van der Waals surface area contributed by atoms with Crippen LogP contribution in [0.25, 0.3) is 0 Å². The molecule has 1 saturated heterocycles. The first-order valence-electron chi connectivity index (χ1n) is 7.88. The van der Waals surface area contributed by atoms with Crippen molar-refractivity contribution in [2.24, 2.45) is 16.3 Å². The van der Waals surface area contributed by atoms with Crippen LogP contribution in [0.4, 0.5) is 5.69 Å². The predicted octanol–water partition coefficient (Wildman–Crippen LogP) is 1.02. The van der Waals surface area contributed by atoms with Crippen molar-refractivity contribution in [2.75, 3.05) is 11.5 Å². The fourth-order valence-corrected chi connectivity index (χ4v) is 2.97. The Kier molecular flexibility index (Phi) is 4.30. The third kappa shape index (κ3) is 2.57. The maximum atomic E-state index is 12.8. The molecule has 25 heavy (non-hydrogen) atoms. The summed E-state index contributed by atoms with van der Waals surface area (Å²) in [5, 5.41) is 6.91. The van der Waals surface area contributed by atoms with Crippen LogP contribution in [0.3, 0.4) is 0 Å². The molecular weight excluding hydrogens is 328 g/mol. The van der Waals surface area contributed by atoms with Crippen molar-refractivity contribution in [1.29, 1.82) is 0 Å². The highest BCUT2D eigenvalue weighted by atomic mass is 16.5. The number of imide groups is 1. The molecule has 0 saturated carbocycles. The van der Waals surface area contributed by atoms with E-state index < -0.39 is 29.7 Å². The first-order valence-corrected chi connectivity index (χ1v) is 7.88. The highest BCUT2D eigenvalue weighted by Crippen LogP contribution is 2.35. The lowest BCUT2D eigenvalue weighted by molar-refractivity contribution is -0.136. The number of rotatable bonds is 5. The third-order valence-electron chi connectivity index (χ3n) is 4.20. The Morgan fingerprint density at radius 1 is 1.20 bits per heavy atom. The summed E-state index contributed by atoms with van der Waals surface area (Å²) < 4.78 is 4.86. The molecule has 3 rings (SSSR count). The number of esters is 1. The van der Waals surface area contributed by atoms with E-state index in [-0.39, 0.29) is 12.3 Å². The number of aryl methyl sites for hydroxylation is 1. The van der Waals surface area contributed by atoms with Crippen molar-refractivity contribution in [3.63, 3.8) is 0 Å². The summed E-state index contributed by atoms with van der Waals surface area (Å²) >= 11 is 0. The maximum absolute atomic E-state index is 12.8. The SMILES string of the molecule is CCOC(=O)C1=NN(N=O)[C@@H]2C(=O)N(c3ccc(CC)cc3)C(=O)[C@@H]12. The molecule has 0 unspecified atom stereocenters. The van der Waals surface area contributed by atoms with Gasteiger partial charge in [0.25, 0.3) is 5.91 Å². The van der Waals surface area contributed by atoms with Gasteiger partial charge in [0.05, 0.1) is 17.6 Å². The first kappa shape index (κ1) is 16.7. The molecule has 9 heteroatoms. The van der Waals surface area contributed by atoms with Gasteiger partial charge in [0, 0.05) is 0 Å². The maximum Gasteiger partial charge on any atom is 0.355 e. The van der Waals surface area contributed by atoms with Crippen molar-refractivity contribution in [1.82, 2.24) is 5.12 Å². The Hall–Kier alpha value is -3.10. The van der Waals surface area contributed by atoms with Crippen LogP contribution in [0.15, 0.2) is 34.7 Å². The molecule has 0 N–H and O–H groups in total. The molecule has 2 heterocycles. The largest absolute Gasteiger partial charge is 0.461 e. The molecule has 2 atom stereocenters. The quantitative estimate of drug-likeness (QED) is 0.448. The highest BCUT2D eigenvalue weighted by Gasteiger charge is 2.59. The molecule has 9 nitrogen and oxygen atoms in total. The van der Waals surface area contributed by atoms with Crippen LogP contribution in [0, 0.1) is 10.8 Å². The number of amides is 2. The average Bonchev–Trinajstić information content (AvgIpc) is 3.12. The Morgan fingerprint density at radius 2 is 1.88 bits per heavy atom. The van der Waals surface area contributed by atoms with E-state index in [0.29, 0.717) is 10.8 Å². The van der Waals surface area contributed by atoms with Crippen LogP contribution < -0.4 is 4.90 Å². The summed E-state index contributed by atoms with van der Waals surface area (Å²) in [5.74, 6) is -3.32. The van der Waals surface area contributed by atoms with Gasteiger partial charge < -0.3 is 4.74 Å². The number of nitrogens with zero attached hydrogens (tertiary/aromatic N) is 4. The normalized spacial score (nSPS) is 22.1. The van der Waals surface area contributed by atoms with Gasteiger partial charge in [0.1, 0.15) is 5.92 Å². The molecular formula is C16H16N4O5. The number of benzene rings is 1. The second-order valence-electron chi connectivity index (χ2n) is 5.56. The fraction of sp³-hybridized carbons (Fsp3) is 0.375. The Balaban J connectivity index is 1.97. The summed E-state index contributed by atoms with van der Waals surface area (Å²) in [5.41, 5.74) is 1.14. The van der Waals surface area contributed by atoms with Crippen LogP contribution in [0.1, 0.15) is 19.4 Å². The highest BCUT2D eigenvalue weighted by molar-refractivity contribution is 6.46. The van der Waals surface area contributed by atoms with Crippen LogP contribution in [0.5, 0.6) is 0 Å². The molecule has 0 spiro atoms. The average molecular weight is 344 g/mol. The number of carbonyl (C=O) groups is 3. The minimum Gasteiger partial charge on any atom is -0.461 e. The van der Waals surface area contributed by atoms with Gasteiger partial charge in [-0.2, -0.15) is 0 Å². The number of hydrazone groups is 1. The van der Waals surface area contributed by atoms with E-state index in [1.165, 1.54) is 0 Å². The topological polar surface area (TPSA) is 109 Å². The molecule has 2 amide bonds. The summed E-state index contributed by atoms with van der Waals surface area (Å²) in [6, 6.07) is 5.65. The molecule has 130 valence electrons. The van der Waals surface area contributed by atoms with Gasteiger partial charge >= 0.3 is 5.97 Å². The standard InChI is InChI=1S/C16H16N4O5/c1-3-9-5-7-10(8-6-9)19-14(21)11-12(16(23)25-4-2)17-20(18-24)13(11)15(19)22/h5-8,11,13H,3-4H2,1-2H3/t11-,13-/m0/s1. The van der Waals surface area contributed by atoms with Gasteiger partial charge in [-0.3, -0.25) is 9.59 Å². The van der Waals surface area contributed by atoms with Crippen LogP contribution >= 0.6 is 0 Å². The first-order chi connectivity index (χ1) is 12.0. The molecule has 1 fully saturated rings. The Morgan fingerprint density at radius 3 is 2.44 bits per heavy atom. The lowest BCUT2D eigenvalue weighted by Crippen LogP contribution is -2.36. The molecule has 0 aromatic heterocycles. The van der Waals surface area contributed by atoms with E-state index in [2.05, 4.69) is 10.4 Å². The lowest BCUT2D eigenvalue weighted by Gasteiger charge is -2.17. The lowest BCUT2D eigenvalue weighted by atomic mass is 9.98. The van der Waals surface area contributed by atoms with E-state index in [1.54, 1.807) is 31.2 Å². The molecule has 2 aliphatic heterocycles. The number of fused-ring (bicyclic) bond motifs is 1. The third-order valence-corrected chi connectivity index (χ3v) is 4.20. The number of hydrogen-bond acceptors (Lipinski definition) is 7. The summed E-state index contributed by atoms with van der Waals surface area (Å²) in [6.45, 7) is 3.67. The Labute approximate surface area is 143 Å². The second-order valence-corrected chi connectivity index (χ2v) is 5.56. The van der Waals surface area contributed by atoms with Gasteiger partial charge in [-0.15, -0.1) is 15.1 Å². The molecule has 1 aromatic carbocycles. The van der Waals surface area contributed by atoms with Gasteiger partial charge in [-0.1, -0.05) is 19.1 Å². The van der Waals surface area contributed by atoms with Gasteiger partial charge in [0.2, 0.25) is 5.91 Å². The zero-order chi connectivity index (χ0) is 18.1. The predicted molar refractivity (Wildman–Crippen MR) is 87.3 cm³/mol. The number of carbonyl (C=O) groups excluding carboxylic acids is 3. The minimum absolute atomic E-state index is 0.0775. The second kappa shape index (κ2) is 6.42. The summed E-state index contributed by atoms with van der Waals surface area (Å²) in [7, 11) is 0. The van der Waals surface area contributed by atoms with Crippen LogP contribution in [0.2, 0.25) is 0 Å². The minimum atomic E-state index is -1.25. The van der Waals surface area contributed by atoms with Crippen molar-refractivity contribution in [3.05, 3.63) is 34.7 Å².